The molecule has 1 saturated carbocycles. The number of carbonyl (C=O) groups is 1. The van der Waals surface area contributed by atoms with E-state index in [1.54, 1.807) is 18.5 Å². The molecule has 2 aromatic heterocycles. The van der Waals surface area contributed by atoms with Crippen molar-refractivity contribution in [3.8, 4) is 11.1 Å². The van der Waals surface area contributed by atoms with Crippen LogP contribution in [-0.4, -0.2) is 22.0 Å². The zero-order chi connectivity index (χ0) is 18.3. The number of benzene rings is 1. The summed E-state index contributed by atoms with van der Waals surface area (Å²) in [4.78, 5) is 20.4. The lowest BCUT2D eigenvalue weighted by molar-refractivity contribution is -0.117. The molecule has 6 heteroatoms. The lowest BCUT2D eigenvalue weighted by Crippen LogP contribution is -2.15. The molecular weight excluding hydrogens is 331 g/mol. The van der Waals surface area contributed by atoms with Crippen LogP contribution >= 0.6 is 0 Å². The van der Waals surface area contributed by atoms with Gasteiger partial charge in [-0.1, -0.05) is 6.92 Å². The van der Waals surface area contributed by atoms with Gasteiger partial charge in [0.1, 0.15) is 12.0 Å². The Bertz CT molecular complexity index is 1000. The molecule has 26 heavy (non-hydrogen) atoms. The van der Waals surface area contributed by atoms with Gasteiger partial charge in [-0.05, 0) is 53.6 Å². The number of fused-ring (bicyclic) bond motifs is 1. The number of amides is 1. The van der Waals surface area contributed by atoms with Crippen LogP contribution in [0.2, 0.25) is 0 Å². The van der Waals surface area contributed by atoms with E-state index in [-0.39, 0.29) is 12.3 Å². The van der Waals surface area contributed by atoms with E-state index in [1.807, 2.05) is 24.4 Å². The van der Waals surface area contributed by atoms with Crippen LogP contribution in [0, 0.1) is 5.92 Å². The van der Waals surface area contributed by atoms with Gasteiger partial charge in [0, 0.05) is 35.2 Å². The van der Waals surface area contributed by atoms with Crippen LogP contribution in [0.1, 0.15) is 18.9 Å². The van der Waals surface area contributed by atoms with E-state index in [4.69, 9.17) is 5.73 Å². The first-order chi connectivity index (χ1) is 12.6. The van der Waals surface area contributed by atoms with Gasteiger partial charge in [-0.3, -0.25) is 9.78 Å². The smallest absolute Gasteiger partial charge is 0.231 e. The Kier molecular flexibility index (Phi) is 4.03. The van der Waals surface area contributed by atoms with Crippen molar-refractivity contribution < 1.29 is 9.18 Å². The number of halogens is 1. The van der Waals surface area contributed by atoms with Crippen LogP contribution in [0.5, 0.6) is 0 Å². The molecule has 1 aliphatic rings. The van der Waals surface area contributed by atoms with Gasteiger partial charge in [-0.25, -0.2) is 9.37 Å². The number of rotatable bonds is 4. The van der Waals surface area contributed by atoms with Crippen molar-refractivity contribution in [2.24, 2.45) is 5.92 Å². The molecular formula is C20H19FN4O. The zero-order valence-electron chi connectivity index (χ0n) is 14.4. The van der Waals surface area contributed by atoms with Crippen LogP contribution in [0.25, 0.3) is 21.9 Å². The molecule has 1 amide bonds. The van der Waals surface area contributed by atoms with E-state index in [0.717, 1.165) is 28.3 Å². The van der Waals surface area contributed by atoms with Gasteiger partial charge in [0.05, 0.1) is 5.92 Å². The maximum absolute atomic E-state index is 13.0. The monoisotopic (exact) mass is 350 g/mol. The van der Waals surface area contributed by atoms with E-state index in [2.05, 4.69) is 22.2 Å². The standard InChI is InChI=1S/C20H19FN4O/c1-2-11-3-4-23-9-15(11)12-5-13-7-19(24-10-16(13)18(22)6-12)25-20(26)14-8-17(14)21/h3-7,9-10,14,17H,2,8,22H2,1H3,(H,24,25,26)/t14-,17+/m1/s1. The highest BCUT2D eigenvalue weighted by Crippen LogP contribution is 2.35. The number of hydrogen-bond acceptors (Lipinski definition) is 4. The predicted octanol–water partition coefficient (Wildman–Crippen LogP) is 3.74. The lowest BCUT2D eigenvalue weighted by Gasteiger charge is -2.11. The summed E-state index contributed by atoms with van der Waals surface area (Å²) in [5.41, 5.74) is 10.0. The Balaban J connectivity index is 1.73. The molecule has 0 spiro atoms. The quantitative estimate of drug-likeness (QED) is 0.703. The number of aryl methyl sites for hydroxylation is 1. The molecule has 4 rings (SSSR count). The predicted molar refractivity (Wildman–Crippen MR) is 100 cm³/mol. The summed E-state index contributed by atoms with van der Waals surface area (Å²) in [5, 5.41) is 4.36. The molecule has 0 unspecified atom stereocenters. The van der Waals surface area contributed by atoms with Crippen LogP contribution in [0.3, 0.4) is 0 Å². The SMILES string of the molecule is CCc1ccncc1-c1cc(N)c2cnc(NC(=O)[C@@H]3C[C@@H]3F)cc2c1. The minimum Gasteiger partial charge on any atom is -0.398 e. The highest BCUT2D eigenvalue weighted by Gasteiger charge is 2.43. The molecule has 1 aromatic carbocycles. The van der Waals surface area contributed by atoms with Crippen molar-refractivity contribution in [2.45, 2.75) is 25.9 Å². The van der Waals surface area contributed by atoms with Gasteiger partial charge in [-0.2, -0.15) is 0 Å². The summed E-state index contributed by atoms with van der Waals surface area (Å²) < 4.78 is 13.0. The Morgan fingerprint density at radius 1 is 1.35 bits per heavy atom. The van der Waals surface area contributed by atoms with Gasteiger partial charge in [0.15, 0.2) is 0 Å². The first-order valence-electron chi connectivity index (χ1n) is 8.64. The minimum absolute atomic E-state index is 0.289. The topological polar surface area (TPSA) is 80.9 Å². The Hall–Kier alpha value is -3.02. The lowest BCUT2D eigenvalue weighted by atomic mass is 9.97. The highest BCUT2D eigenvalue weighted by atomic mass is 19.1. The van der Waals surface area contributed by atoms with E-state index < -0.39 is 12.1 Å². The summed E-state index contributed by atoms with van der Waals surface area (Å²) in [6.45, 7) is 2.09. The highest BCUT2D eigenvalue weighted by molar-refractivity contribution is 6.00. The first-order valence-corrected chi connectivity index (χ1v) is 8.64. The zero-order valence-corrected chi connectivity index (χ0v) is 14.4. The molecule has 0 bridgehead atoms. The Labute approximate surface area is 150 Å². The molecule has 0 aliphatic heterocycles. The molecule has 5 nitrogen and oxygen atoms in total. The molecule has 0 radical (unpaired) electrons. The van der Waals surface area contributed by atoms with E-state index in [1.165, 1.54) is 5.56 Å². The maximum Gasteiger partial charge on any atom is 0.231 e. The normalized spacial score (nSPS) is 18.7. The number of nitrogens with one attached hydrogen (secondary N) is 1. The first kappa shape index (κ1) is 16.4. The molecule has 1 fully saturated rings. The third-order valence-electron chi connectivity index (χ3n) is 4.77. The minimum atomic E-state index is -1.03. The number of hydrogen-bond donors (Lipinski definition) is 2. The molecule has 2 atom stereocenters. The fourth-order valence-electron chi connectivity index (χ4n) is 3.16. The average molecular weight is 350 g/mol. The number of aromatic nitrogens is 2. The van der Waals surface area contributed by atoms with Crippen LogP contribution in [0.15, 0.2) is 42.9 Å². The second-order valence-electron chi connectivity index (χ2n) is 6.59. The van der Waals surface area contributed by atoms with Crippen molar-refractivity contribution in [3.63, 3.8) is 0 Å². The van der Waals surface area contributed by atoms with Crippen molar-refractivity contribution in [1.82, 2.24) is 9.97 Å². The second kappa shape index (κ2) is 6.37. The summed E-state index contributed by atoms with van der Waals surface area (Å²) in [6, 6.07) is 7.69. The number of nitrogen functional groups attached to an aromatic ring is 1. The maximum atomic E-state index is 13.0. The van der Waals surface area contributed by atoms with Crippen molar-refractivity contribution in [1.29, 1.82) is 0 Å². The van der Waals surface area contributed by atoms with E-state index in [0.29, 0.717) is 11.5 Å². The number of nitrogens with two attached hydrogens (primary N) is 1. The molecule has 1 aliphatic carbocycles. The fraction of sp³-hybridized carbons (Fsp3) is 0.250. The Morgan fingerprint density at radius 3 is 2.88 bits per heavy atom. The molecule has 2 heterocycles. The number of alkyl halides is 1. The molecule has 3 aromatic rings. The molecule has 3 N–H and O–H groups in total. The second-order valence-corrected chi connectivity index (χ2v) is 6.59. The third kappa shape index (κ3) is 2.98. The van der Waals surface area contributed by atoms with E-state index in [9.17, 15) is 9.18 Å². The summed E-state index contributed by atoms with van der Waals surface area (Å²) in [7, 11) is 0. The molecule has 132 valence electrons. The van der Waals surface area contributed by atoms with Gasteiger partial charge < -0.3 is 11.1 Å². The van der Waals surface area contributed by atoms with Crippen molar-refractivity contribution in [3.05, 3.63) is 48.4 Å². The summed E-state index contributed by atoms with van der Waals surface area (Å²) in [6.07, 6.45) is 5.39. The average Bonchev–Trinajstić information content (AvgIpc) is 3.38. The van der Waals surface area contributed by atoms with Crippen molar-refractivity contribution in [2.75, 3.05) is 11.1 Å². The van der Waals surface area contributed by atoms with Gasteiger partial charge in [0.25, 0.3) is 0 Å². The number of carbonyl (C=O) groups excluding carboxylic acids is 1. The van der Waals surface area contributed by atoms with Crippen molar-refractivity contribution >= 4 is 28.2 Å². The number of pyridine rings is 2. The van der Waals surface area contributed by atoms with Gasteiger partial charge in [0.2, 0.25) is 5.91 Å². The Morgan fingerprint density at radius 2 is 2.15 bits per heavy atom. The third-order valence-corrected chi connectivity index (χ3v) is 4.77. The number of nitrogens with zero attached hydrogens (tertiary/aromatic N) is 2. The van der Waals surface area contributed by atoms with E-state index >= 15 is 0 Å². The largest absolute Gasteiger partial charge is 0.398 e. The van der Waals surface area contributed by atoms with Crippen LogP contribution < -0.4 is 11.1 Å². The van der Waals surface area contributed by atoms with Crippen LogP contribution in [0.4, 0.5) is 15.9 Å². The van der Waals surface area contributed by atoms with Gasteiger partial charge in [-0.15, -0.1) is 0 Å². The van der Waals surface area contributed by atoms with Gasteiger partial charge >= 0.3 is 0 Å². The number of anilines is 2. The summed E-state index contributed by atoms with van der Waals surface area (Å²) in [5.74, 6) is -0.472. The fourth-order valence-corrected chi connectivity index (χ4v) is 3.16. The van der Waals surface area contributed by atoms with Crippen LogP contribution in [-0.2, 0) is 11.2 Å². The molecule has 0 saturated heterocycles. The summed E-state index contributed by atoms with van der Waals surface area (Å²) >= 11 is 0.